The molecule has 0 spiro atoms. The Morgan fingerprint density at radius 1 is 1.12 bits per heavy atom. The van der Waals surface area contributed by atoms with Gasteiger partial charge in [0.25, 0.3) is 0 Å². The third-order valence-corrected chi connectivity index (χ3v) is 2.64. The zero-order valence-corrected chi connectivity index (χ0v) is 10.0. The van der Waals surface area contributed by atoms with Crippen LogP contribution in [0.3, 0.4) is 0 Å². The Morgan fingerprint density at radius 3 is 2.65 bits per heavy atom. The molecule has 17 heavy (non-hydrogen) atoms. The van der Waals surface area contributed by atoms with E-state index in [0.717, 1.165) is 0 Å². The summed E-state index contributed by atoms with van der Waals surface area (Å²) in [5.74, 6) is 0. The molecule has 0 aliphatic carbocycles. The van der Waals surface area contributed by atoms with Crippen molar-refractivity contribution in [3.8, 4) is 11.3 Å². The molecular formula is C16H20N+. The van der Waals surface area contributed by atoms with Crippen molar-refractivity contribution in [1.29, 1.82) is 0 Å². The highest BCUT2D eigenvalue weighted by Crippen LogP contribution is 2.22. The zero-order chi connectivity index (χ0) is 21.1. The van der Waals surface area contributed by atoms with Crippen LogP contribution in [0.4, 0.5) is 0 Å². The first-order chi connectivity index (χ1) is 12.1. The number of hydrogen-bond donors (Lipinski definition) is 0. The highest BCUT2D eigenvalue weighted by molar-refractivity contribution is 5.62. The molecule has 1 nitrogen and oxygen atoms in total. The Kier molecular flexibility index (Phi) is 1.16. The average molecular weight is 236 g/mol. The topological polar surface area (TPSA) is 3.88 Å². The van der Waals surface area contributed by atoms with Crippen molar-refractivity contribution in [3.05, 3.63) is 52.6 Å². The van der Waals surface area contributed by atoms with E-state index in [0.29, 0.717) is 5.56 Å². The van der Waals surface area contributed by atoms with Crippen LogP contribution in [0.25, 0.3) is 11.3 Å². The largest absolute Gasteiger partial charge is 0.212 e. The van der Waals surface area contributed by atoms with Crippen LogP contribution in [0.2, 0.25) is 0 Å². The first kappa shape index (κ1) is 4.56. The van der Waals surface area contributed by atoms with Crippen LogP contribution in [0, 0.1) is 27.6 Å². The molecule has 1 aromatic carbocycles. The first-order valence-corrected chi connectivity index (χ1v) is 5.22. The van der Waals surface area contributed by atoms with Gasteiger partial charge in [-0.15, -0.1) is 0 Å². The average Bonchev–Trinajstić information content (AvgIpc) is 2.47. The fraction of sp³-hybridized carbons (Fsp3) is 0.312. The molecule has 0 aliphatic heterocycles. The number of rotatable bonds is 1. The summed E-state index contributed by atoms with van der Waals surface area (Å²) in [6.45, 7) is -2.15. The van der Waals surface area contributed by atoms with Gasteiger partial charge in [-0.25, -0.2) is 4.57 Å². The molecule has 0 atom stereocenters. The molecule has 1 aromatic heterocycles. The summed E-state index contributed by atoms with van der Waals surface area (Å²) in [4.78, 5) is 0. The van der Waals surface area contributed by atoms with E-state index in [2.05, 4.69) is 0 Å². The minimum atomic E-state index is -2.70. The molecule has 0 radical (unpaired) electrons. The van der Waals surface area contributed by atoms with Gasteiger partial charge in [0.05, 0.1) is 4.11 Å². The second kappa shape index (κ2) is 4.33. The third-order valence-electron chi connectivity index (χ3n) is 2.64. The quantitative estimate of drug-likeness (QED) is 0.668. The van der Waals surface area contributed by atoms with Crippen LogP contribution in [0.1, 0.15) is 36.0 Å². The van der Waals surface area contributed by atoms with Gasteiger partial charge in [0, 0.05) is 25.4 Å². The van der Waals surface area contributed by atoms with E-state index in [-0.39, 0.29) is 40.6 Å². The van der Waals surface area contributed by atoms with E-state index in [9.17, 15) is 0 Å². The van der Waals surface area contributed by atoms with Gasteiger partial charge in [0.15, 0.2) is 6.17 Å². The smallest absolute Gasteiger partial charge is 0.201 e. The van der Waals surface area contributed by atoms with Crippen LogP contribution in [-0.2, 0) is 7.05 Å². The molecule has 88 valence electrons. The molecule has 1 heteroatoms. The van der Waals surface area contributed by atoms with E-state index >= 15 is 0 Å². The van der Waals surface area contributed by atoms with Crippen molar-refractivity contribution in [2.75, 3.05) is 0 Å². The standard InChI is InChI=1S/C16H20N/c1-11-6-7-15(13(3)8-11)16-9-12(2)14(4)10-17(16)5/h6-10H,1-5H3/q+1/i1D3,4D3,6D,7D,8D,10D. The number of pyridine rings is 1. The van der Waals surface area contributed by atoms with Crippen LogP contribution in [0.5, 0.6) is 0 Å². The summed E-state index contributed by atoms with van der Waals surface area (Å²) in [5.41, 5.74) is 0.344. The lowest BCUT2D eigenvalue weighted by Crippen LogP contribution is -2.31. The van der Waals surface area contributed by atoms with Crippen LogP contribution in [-0.4, -0.2) is 0 Å². The Morgan fingerprint density at radius 2 is 1.94 bits per heavy atom. The van der Waals surface area contributed by atoms with E-state index < -0.39 is 25.3 Å². The third kappa shape index (κ3) is 2.23. The number of benzene rings is 1. The normalized spacial score (nSPS) is 20.6. The maximum atomic E-state index is 8.30. The summed E-state index contributed by atoms with van der Waals surface area (Å²) < 4.78 is 79.6. The Bertz CT molecular complexity index is 896. The molecule has 0 amide bonds. The summed E-state index contributed by atoms with van der Waals surface area (Å²) >= 11 is 0. The highest BCUT2D eigenvalue weighted by atomic mass is 14.9. The monoisotopic (exact) mass is 236 g/mol. The fourth-order valence-electron chi connectivity index (χ4n) is 1.69. The molecular weight excluding hydrogens is 206 g/mol. The number of aromatic nitrogens is 1. The van der Waals surface area contributed by atoms with Crippen molar-refractivity contribution in [2.45, 2.75) is 27.6 Å². The van der Waals surface area contributed by atoms with E-state index in [4.69, 9.17) is 13.7 Å². The van der Waals surface area contributed by atoms with Crippen molar-refractivity contribution >= 4 is 0 Å². The van der Waals surface area contributed by atoms with Crippen LogP contribution >= 0.6 is 0 Å². The maximum Gasteiger partial charge on any atom is 0.212 e. The Labute approximate surface area is 118 Å². The minimum absolute atomic E-state index is 0.116. The van der Waals surface area contributed by atoms with Gasteiger partial charge in [-0.05, 0) is 44.7 Å². The van der Waals surface area contributed by atoms with Gasteiger partial charge in [0.1, 0.15) is 8.42 Å². The predicted molar refractivity (Wildman–Crippen MR) is 72.0 cm³/mol. The molecule has 0 saturated carbocycles. The second-order valence-electron chi connectivity index (χ2n) is 4.01. The van der Waals surface area contributed by atoms with Gasteiger partial charge in [-0.3, -0.25) is 0 Å². The van der Waals surface area contributed by atoms with E-state index in [1.165, 1.54) is 24.6 Å². The molecule has 0 saturated heterocycles. The van der Waals surface area contributed by atoms with Gasteiger partial charge < -0.3 is 0 Å². The van der Waals surface area contributed by atoms with Crippen molar-refractivity contribution in [1.82, 2.24) is 0 Å². The Hall–Kier alpha value is -1.63. The van der Waals surface area contributed by atoms with Crippen molar-refractivity contribution < 1.29 is 18.3 Å². The summed E-state index contributed by atoms with van der Waals surface area (Å²) in [6.07, 6.45) is -0.262. The van der Waals surface area contributed by atoms with Gasteiger partial charge in [-0.1, -0.05) is 17.6 Å². The second-order valence-corrected chi connectivity index (χ2v) is 4.01. The maximum absolute atomic E-state index is 8.30. The number of aryl methyl sites for hydroxylation is 1. The van der Waals surface area contributed by atoms with Crippen molar-refractivity contribution in [2.24, 2.45) is 7.05 Å². The summed E-state index contributed by atoms with van der Waals surface area (Å²) in [5, 5.41) is 0. The molecule has 2 aromatic rings. The molecule has 2 rings (SSSR count). The molecule has 0 fully saturated rings. The first-order valence-electron chi connectivity index (χ1n) is 10.2. The molecule has 1 heterocycles. The molecule has 0 bridgehead atoms. The highest BCUT2D eigenvalue weighted by Gasteiger charge is 2.13. The fourth-order valence-corrected chi connectivity index (χ4v) is 1.69. The van der Waals surface area contributed by atoms with E-state index in [1.54, 1.807) is 6.92 Å². The van der Waals surface area contributed by atoms with Crippen LogP contribution in [0.15, 0.2) is 30.4 Å². The molecule has 0 aliphatic rings. The number of hydrogen-bond acceptors (Lipinski definition) is 0. The zero-order valence-electron chi connectivity index (χ0n) is 20.0. The number of nitrogens with zero attached hydrogens (tertiary/aromatic N) is 1. The molecule has 0 unspecified atom stereocenters. The van der Waals surface area contributed by atoms with Gasteiger partial charge in [0.2, 0.25) is 5.69 Å². The van der Waals surface area contributed by atoms with E-state index in [1.807, 2.05) is 0 Å². The lowest BCUT2D eigenvalue weighted by molar-refractivity contribution is -0.660. The Balaban J connectivity index is 2.93. The summed E-state index contributed by atoms with van der Waals surface area (Å²) in [7, 11) is 1.47. The minimum Gasteiger partial charge on any atom is -0.201 e. The van der Waals surface area contributed by atoms with Gasteiger partial charge in [-0.2, -0.15) is 0 Å². The van der Waals surface area contributed by atoms with Gasteiger partial charge >= 0.3 is 0 Å². The summed E-state index contributed by atoms with van der Waals surface area (Å²) in [6, 6.07) is 0.207. The lowest BCUT2D eigenvalue weighted by Gasteiger charge is -2.07. The predicted octanol–water partition coefficient (Wildman–Crippen LogP) is 3.41. The van der Waals surface area contributed by atoms with Crippen LogP contribution < -0.4 is 4.57 Å². The lowest BCUT2D eigenvalue weighted by atomic mass is 10.0. The van der Waals surface area contributed by atoms with Crippen molar-refractivity contribution in [3.63, 3.8) is 0 Å². The molecule has 0 N–H and O–H groups in total. The SMILES string of the molecule is [2H]c1c([2H])c(C([2H])([2H])[2H])c([2H])c(C)c1-c1cc(C)c(C([2H])([2H])[2H])c([2H])[n+]1C.